The average Bonchev–Trinajstić information content (AvgIpc) is 3.33. The number of fused-ring (bicyclic) bond motifs is 1. The Kier molecular flexibility index (Phi) is 7.35. The van der Waals surface area contributed by atoms with Crippen LogP contribution in [-0.2, 0) is 22.3 Å². The van der Waals surface area contributed by atoms with Gasteiger partial charge in [0.1, 0.15) is 5.25 Å². The van der Waals surface area contributed by atoms with E-state index in [1.807, 2.05) is 6.07 Å². The van der Waals surface area contributed by atoms with Crippen LogP contribution >= 0.6 is 27.7 Å². The minimum atomic E-state index is -4.55. The zero-order valence-electron chi connectivity index (χ0n) is 19.5. The molecule has 1 atom stereocenters. The topological polar surface area (TPSA) is 80.2 Å². The fourth-order valence-corrected chi connectivity index (χ4v) is 5.37. The van der Waals surface area contributed by atoms with E-state index in [4.69, 9.17) is 9.47 Å². The highest BCUT2D eigenvalue weighted by atomic mass is 79.9. The number of halogens is 4. The second kappa shape index (κ2) is 10.7. The van der Waals surface area contributed by atoms with Crippen molar-refractivity contribution < 1.29 is 32.2 Å². The smallest absolute Gasteiger partial charge is 0.416 e. The molecule has 2 heterocycles. The first-order chi connectivity index (χ1) is 18.2. The molecule has 5 rings (SSSR count). The normalized spacial score (nSPS) is 18.1. The average molecular weight is 606 g/mol. The standard InChI is InChI=1S/C26H19BrF3N3O4S/c27-17-4-2-6-19(11-17)31-24(35)22-12-23(34)33(13-15-7-8-20-21(9-15)37-14-36-20)25(38-22)32-18-5-1-3-16(10-18)26(28,29)30/h1-11,22H,12-14H2,(H,31,35). The second-order valence-corrected chi connectivity index (χ2v) is 10.5. The number of thioether (sulfide) groups is 1. The maximum absolute atomic E-state index is 13.3. The second-order valence-electron chi connectivity index (χ2n) is 8.42. The Balaban J connectivity index is 1.45. The Labute approximate surface area is 228 Å². The SMILES string of the molecule is O=C(Nc1cccc(Br)c1)C1CC(=O)N(Cc2ccc3c(c2)OCO3)C(=Nc2cccc(C(F)(F)F)c2)S1. The number of nitrogens with one attached hydrogen (secondary N) is 1. The summed E-state index contributed by atoms with van der Waals surface area (Å²) in [6, 6.07) is 16.7. The highest BCUT2D eigenvalue weighted by molar-refractivity contribution is 9.10. The Morgan fingerprint density at radius 3 is 2.66 bits per heavy atom. The molecule has 0 aromatic heterocycles. The van der Waals surface area contributed by atoms with Crippen LogP contribution < -0.4 is 14.8 Å². The van der Waals surface area contributed by atoms with E-state index in [-0.39, 0.29) is 36.5 Å². The number of anilines is 1. The van der Waals surface area contributed by atoms with Crippen molar-refractivity contribution in [3.8, 4) is 11.5 Å². The maximum atomic E-state index is 13.3. The molecule has 0 saturated carbocycles. The Hall–Kier alpha value is -3.51. The Morgan fingerprint density at radius 1 is 1.08 bits per heavy atom. The van der Waals surface area contributed by atoms with Gasteiger partial charge < -0.3 is 14.8 Å². The van der Waals surface area contributed by atoms with Crippen LogP contribution in [0.25, 0.3) is 0 Å². The molecular formula is C26H19BrF3N3O4S. The number of aliphatic imine (C=N–C) groups is 1. The van der Waals surface area contributed by atoms with Crippen LogP contribution in [0.4, 0.5) is 24.5 Å². The number of amidine groups is 1. The number of hydrogen-bond acceptors (Lipinski definition) is 6. The summed E-state index contributed by atoms with van der Waals surface area (Å²) >= 11 is 4.37. The lowest BCUT2D eigenvalue weighted by atomic mass is 10.1. The molecule has 2 aliphatic heterocycles. The summed E-state index contributed by atoms with van der Waals surface area (Å²) in [5.74, 6) is 0.306. The van der Waals surface area contributed by atoms with Crippen LogP contribution in [0.1, 0.15) is 17.5 Å². The number of amides is 2. The number of hydrogen-bond donors (Lipinski definition) is 1. The maximum Gasteiger partial charge on any atom is 0.416 e. The van der Waals surface area contributed by atoms with Gasteiger partial charge in [0.15, 0.2) is 16.7 Å². The van der Waals surface area contributed by atoms with Gasteiger partial charge in [0.05, 0.1) is 17.8 Å². The largest absolute Gasteiger partial charge is 0.454 e. The van der Waals surface area contributed by atoms with Crippen LogP contribution in [0.3, 0.4) is 0 Å². The van der Waals surface area contributed by atoms with E-state index < -0.39 is 22.9 Å². The van der Waals surface area contributed by atoms with E-state index in [1.165, 1.54) is 17.0 Å². The summed E-state index contributed by atoms with van der Waals surface area (Å²) < 4.78 is 51.4. The summed E-state index contributed by atoms with van der Waals surface area (Å²) in [6.45, 7) is 0.175. The van der Waals surface area contributed by atoms with Crippen LogP contribution in [-0.4, -0.2) is 33.9 Å². The van der Waals surface area contributed by atoms with Gasteiger partial charge in [-0.1, -0.05) is 45.9 Å². The lowest BCUT2D eigenvalue weighted by Gasteiger charge is -2.32. The fourth-order valence-electron chi connectivity index (χ4n) is 3.87. The van der Waals surface area contributed by atoms with Gasteiger partial charge in [-0.05, 0) is 54.1 Å². The minimum absolute atomic E-state index is 0.0128. The molecule has 12 heteroatoms. The molecule has 38 heavy (non-hydrogen) atoms. The van der Waals surface area contributed by atoms with Gasteiger partial charge in [-0.3, -0.25) is 14.5 Å². The quantitative estimate of drug-likeness (QED) is 0.366. The van der Waals surface area contributed by atoms with E-state index in [9.17, 15) is 22.8 Å². The predicted octanol–water partition coefficient (Wildman–Crippen LogP) is 6.36. The summed E-state index contributed by atoms with van der Waals surface area (Å²) in [7, 11) is 0. The third kappa shape index (κ3) is 5.97. The number of carbonyl (C=O) groups is 2. The van der Waals surface area contributed by atoms with Gasteiger partial charge >= 0.3 is 6.18 Å². The predicted molar refractivity (Wildman–Crippen MR) is 140 cm³/mol. The van der Waals surface area contributed by atoms with Gasteiger partial charge in [-0.25, -0.2) is 4.99 Å². The Morgan fingerprint density at radius 2 is 1.87 bits per heavy atom. The van der Waals surface area contributed by atoms with Gasteiger partial charge in [0, 0.05) is 16.6 Å². The van der Waals surface area contributed by atoms with Gasteiger partial charge in [-0.2, -0.15) is 13.2 Å². The molecule has 1 unspecified atom stereocenters. The van der Waals surface area contributed by atoms with Gasteiger partial charge in [0.2, 0.25) is 18.6 Å². The summed E-state index contributed by atoms with van der Waals surface area (Å²) in [4.78, 5) is 32.1. The molecule has 0 spiro atoms. The lowest BCUT2D eigenvalue weighted by molar-refractivity contribution is -0.137. The molecular weight excluding hydrogens is 587 g/mol. The van der Waals surface area contributed by atoms with Crippen molar-refractivity contribution in [1.82, 2.24) is 4.90 Å². The zero-order chi connectivity index (χ0) is 26.9. The van der Waals surface area contributed by atoms with Gasteiger partial charge in [0.25, 0.3) is 0 Å². The molecule has 0 aliphatic carbocycles. The third-order valence-electron chi connectivity index (χ3n) is 5.70. The third-order valence-corrected chi connectivity index (χ3v) is 7.38. The number of ether oxygens (including phenoxy) is 2. The van der Waals surface area contributed by atoms with E-state index in [2.05, 4.69) is 26.2 Å². The zero-order valence-corrected chi connectivity index (χ0v) is 21.9. The molecule has 196 valence electrons. The fraction of sp³-hybridized carbons (Fsp3) is 0.192. The van der Waals surface area contributed by atoms with E-state index >= 15 is 0 Å². The summed E-state index contributed by atoms with van der Waals surface area (Å²) in [6.07, 6.45) is -4.67. The number of nitrogens with zero attached hydrogens (tertiary/aromatic N) is 2. The lowest BCUT2D eigenvalue weighted by Crippen LogP contribution is -2.44. The first-order valence-corrected chi connectivity index (χ1v) is 13.0. The molecule has 1 N–H and O–H groups in total. The molecule has 3 aromatic carbocycles. The molecule has 0 radical (unpaired) electrons. The van der Waals surface area contributed by atoms with Crippen molar-refractivity contribution >= 4 is 56.0 Å². The molecule has 3 aromatic rings. The Bertz CT molecular complexity index is 1430. The molecule has 1 fully saturated rings. The van der Waals surface area contributed by atoms with Crippen molar-refractivity contribution in [2.45, 2.75) is 24.4 Å². The van der Waals surface area contributed by atoms with Crippen molar-refractivity contribution in [1.29, 1.82) is 0 Å². The van der Waals surface area contributed by atoms with Crippen molar-refractivity contribution in [2.75, 3.05) is 12.1 Å². The minimum Gasteiger partial charge on any atom is -0.454 e. The van der Waals surface area contributed by atoms with Gasteiger partial charge in [-0.15, -0.1) is 0 Å². The van der Waals surface area contributed by atoms with E-state index in [1.54, 1.807) is 36.4 Å². The van der Waals surface area contributed by atoms with Crippen LogP contribution in [0.5, 0.6) is 11.5 Å². The number of carbonyl (C=O) groups excluding carboxylic acids is 2. The van der Waals surface area contributed by atoms with Crippen LogP contribution in [0.2, 0.25) is 0 Å². The summed E-state index contributed by atoms with van der Waals surface area (Å²) in [5.41, 5.74) is 0.394. The van der Waals surface area contributed by atoms with E-state index in [0.717, 1.165) is 28.4 Å². The van der Waals surface area contributed by atoms with E-state index in [0.29, 0.717) is 22.7 Å². The molecule has 0 bridgehead atoms. The first kappa shape index (κ1) is 26.1. The first-order valence-electron chi connectivity index (χ1n) is 11.3. The molecule has 2 aliphatic rings. The van der Waals surface area contributed by atoms with Crippen molar-refractivity contribution in [2.24, 2.45) is 4.99 Å². The molecule has 2 amide bonds. The molecule has 7 nitrogen and oxygen atoms in total. The number of alkyl halides is 3. The highest BCUT2D eigenvalue weighted by Crippen LogP contribution is 2.36. The number of benzene rings is 3. The van der Waals surface area contributed by atoms with Crippen molar-refractivity contribution in [3.63, 3.8) is 0 Å². The van der Waals surface area contributed by atoms with Crippen LogP contribution in [0, 0.1) is 0 Å². The molecule has 1 saturated heterocycles. The van der Waals surface area contributed by atoms with Crippen LogP contribution in [0.15, 0.2) is 76.2 Å². The summed E-state index contributed by atoms with van der Waals surface area (Å²) in [5, 5.41) is 2.07. The van der Waals surface area contributed by atoms with Crippen molar-refractivity contribution in [3.05, 3.63) is 82.3 Å². The highest BCUT2D eigenvalue weighted by Gasteiger charge is 2.36. The number of rotatable bonds is 5. The monoisotopic (exact) mass is 605 g/mol.